The van der Waals surface area contributed by atoms with E-state index in [2.05, 4.69) is 22.8 Å². The summed E-state index contributed by atoms with van der Waals surface area (Å²) < 4.78 is 1.30. The molecule has 3 heteroatoms. The second kappa shape index (κ2) is 4.35. The van der Waals surface area contributed by atoms with Crippen LogP contribution >= 0.6 is 11.3 Å². The molecule has 1 N–H and O–H groups in total. The lowest BCUT2D eigenvalue weighted by molar-refractivity contribution is -0.107. The number of carbonyl (C=O) groups is 1. The Labute approximate surface area is 86.6 Å². The third-order valence-corrected chi connectivity index (χ3v) is 3.12. The lowest BCUT2D eigenvalue weighted by atomic mass is 10.2. The van der Waals surface area contributed by atoms with Crippen LogP contribution in [0.3, 0.4) is 0 Å². The Morgan fingerprint density at radius 2 is 2.21 bits per heavy atom. The number of hydrogen-bond acceptors (Lipinski definition) is 3. The van der Waals surface area contributed by atoms with Crippen LogP contribution in [0.5, 0.6) is 0 Å². The highest BCUT2D eigenvalue weighted by atomic mass is 32.1. The highest BCUT2D eigenvalue weighted by molar-refractivity contribution is 7.17. The van der Waals surface area contributed by atoms with E-state index in [1.165, 1.54) is 15.6 Å². The summed E-state index contributed by atoms with van der Waals surface area (Å²) in [6.45, 7) is 1.19. The molecular formula is C11H11NOS. The molecule has 14 heavy (non-hydrogen) atoms. The number of nitrogens with one attached hydrogen (secondary N) is 1. The number of rotatable bonds is 4. The van der Waals surface area contributed by atoms with E-state index in [0.29, 0.717) is 6.54 Å². The lowest BCUT2D eigenvalue weighted by Crippen LogP contribution is -2.14. The van der Waals surface area contributed by atoms with Crippen LogP contribution in [0.2, 0.25) is 0 Å². The molecule has 72 valence electrons. The summed E-state index contributed by atoms with van der Waals surface area (Å²) in [4.78, 5) is 10.1. The summed E-state index contributed by atoms with van der Waals surface area (Å²) in [5.41, 5.74) is 1.27. The quantitative estimate of drug-likeness (QED) is 0.612. The molecule has 1 aromatic carbocycles. The van der Waals surface area contributed by atoms with Crippen molar-refractivity contribution in [2.75, 3.05) is 6.54 Å². The van der Waals surface area contributed by atoms with Crippen LogP contribution in [0.1, 0.15) is 5.56 Å². The zero-order valence-corrected chi connectivity index (χ0v) is 8.51. The van der Waals surface area contributed by atoms with Gasteiger partial charge in [-0.15, -0.1) is 11.3 Å². The first-order valence-corrected chi connectivity index (χ1v) is 5.39. The molecule has 0 saturated heterocycles. The van der Waals surface area contributed by atoms with Gasteiger partial charge in [-0.05, 0) is 22.4 Å². The Balaban J connectivity index is 2.20. The van der Waals surface area contributed by atoms with Gasteiger partial charge in [0.15, 0.2) is 0 Å². The number of fused-ring (bicyclic) bond motifs is 1. The third kappa shape index (κ3) is 1.84. The smallest absolute Gasteiger partial charge is 0.133 e. The minimum atomic E-state index is 0.421. The van der Waals surface area contributed by atoms with Crippen LogP contribution < -0.4 is 5.32 Å². The van der Waals surface area contributed by atoms with Gasteiger partial charge in [-0.2, -0.15) is 0 Å². The molecule has 2 rings (SSSR count). The molecule has 2 aromatic rings. The second-order valence-electron chi connectivity index (χ2n) is 3.05. The maximum Gasteiger partial charge on any atom is 0.133 e. The van der Waals surface area contributed by atoms with E-state index >= 15 is 0 Å². The minimum absolute atomic E-state index is 0.421. The van der Waals surface area contributed by atoms with Gasteiger partial charge in [-0.3, -0.25) is 0 Å². The Bertz CT molecular complexity index is 436. The zero-order valence-electron chi connectivity index (χ0n) is 7.69. The summed E-state index contributed by atoms with van der Waals surface area (Å²) in [6.07, 6.45) is 0.883. The van der Waals surface area contributed by atoms with E-state index in [4.69, 9.17) is 0 Å². The van der Waals surface area contributed by atoms with Crippen LogP contribution in [0, 0.1) is 0 Å². The molecule has 0 aliphatic carbocycles. The minimum Gasteiger partial charge on any atom is -0.306 e. The predicted octanol–water partition coefficient (Wildman–Crippen LogP) is 2.19. The van der Waals surface area contributed by atoms with E-state index in [0.717, 1.165) is 12.8 Å². The molecule has 1 aromatic heterocycles. The van der Waals surface area contributed by atoms with Gasteiger partial charge in [-0.1, -0.05) is 18.2 Å². The van der Waals surface area contributed by atoms with Crippen LogP contribution in [-0.2, 0) is 11.3 Å². The number of thiophene rings is 1. The maximum atomic E-state index is 10.1. The second-order valence-corrected chi connectivity index (χ2v) is 3.97. The SMILES string of the molecule is O=CCNCc1csc2ccccc12. The fourth-order valence-electron chi connectivity index (χ4n) is 1.44. The standard InChI is InChI=1S/C11H11NOS/c13-6-5-12-7-9-8-14-11-4-2-1-3-10(9)11/h1-4,6,8,12H,5,7H2. The van der Waals surface area contributed by atoms with Crippen LogP contribution in [0.15, 0.2) is 29.6 Å². The molecule has 0 bridgehead atoms. The molecule has 0 unspecified atom stereocenters. The van der Waals surface area contributed by atoms with Crippen molar-refractivity contribution in [1.29, 1.82) is 0 Å². The van der Waals surface area contributed by atoms with Crippen molar-refractivity contribution in [1.82, 2.24) is 5.32 Å². The first-order valence-electron chi connectivity index (χ1n) is 4.51. The molecule has 0 aliphatic heterocycles. The van der Waals surface area contributed by atoms with Gasteiger partial charge in [0.05, 0.1) is 6.54 Å². The molecule has 2 nitrogen and oxygen atoms in total. The first-order chi connectivity index (χ1) is 6.92. The Morgan fingerprint density at radius 3 is 3.07 bits per heavy atom. The van der Waals surface area contributed by atoms with E-state index in [1.54, 1.807) is 11.3 Å². The van der Waals surface area contributed by atoms with Crippen LogP contribution in [0.25, 0.3) is 10.1 Å². The van der Waals surface area contributed by atoms with Crippen molar-refractivity contribution in [2.24, 2.45) is 0 Å². The predicted molar refractivity (Wildman–Crippen MR) is 59.6 cm³/mol. The maximum absolute atomic E-state index is 10.1. The Hall–Kier alpha value is -1.19. The van der Waals surface area contributed by atoms with Gasteiger partial charge < -0.3 is 10.1 Å². The lowest BCUT2D eigenvalue weighted by Gasteiger charge is -1.98. The van der Waals surface area contributed by atoms with Gasteiger partial charge in [0.2, 0.25) is 0 Å². The molecule has 0 spiro atoms. The van der Waals surface area contributed by atoms with Crippen molar-refractivity contribution >= 4 is 27.7 Å². The summed E-state index contributed by atoms with van der Waals surface area (Å²) in [5, 5.41) is 6.50. The Morgan fingerprint density at radius 1 is 1.36 bits per heavy atom. The summed E-state index contributed by atoms with van der Waals surface area (Å²) in [7, 11) is 0. The molecule has 0 aliphatic rings. The molecule has 0 fully saturated rings. The Kier molecular flexibility index (Phi) is 2.91. The van der Waals surface area contributed by atoms with E-state index in [1.807, 2.05) is 12.1 Å². The molecule has 1 heterocycles. The van der Waals surface area contributed by atoms with E-state index in [-0.39, 0.29) is 0 Å². The number of benzene rings is 1. The van der Waals surface area contributed by atoms with Gasteiger partial charge in [0.1, 0.15) is 6.29 Å². The van der Waals surface area contributed by atoms with Gasteiger partial charge in [-0.25, -0.2) is 0 Å². The fraction of sp³-hybridized carbons (Fsp3) is 0.182. The summed E-state index contributed by atoms with van der Waals surface area (Å²) in [6, 6.07) is 8.31. The number of aldehydes is 1. The highest BCUT2D eigenvalue weighted by Gasteiger charge is 2.01. The summed E-state index contributed by atoms with van der Waals surface area (Å²) in [5.74, 6) is 0. The van der Waals surface area contributed by atoms with E-state index in [9.17, 15) is 4.79 Å². The fourth-order valence-corrected chi connectivity index (χ4v) is 2.40. The third-order valence-electron chi connectivity index (χ3n) is 2.10. The normalized spacial score (nSPS) is 10.6. The molecular weight excluding hydrogens is 194 g/mol. The first kappa shape index (κ1) is 9.37. The molecule has 0 saturated carbocycles. The van der Waals surface area contributed by atoms with Gasteiger partial charge >= 0.3 is 0 Å². The molecule has 0 radical (unpaired) electrons. The average molecular weight is 205 g/mol. The van der Waals surface area contributed by atoms with Crippen molar-refractivity contribution < 1.29 is 4.79 Å². The van der Waals surface area contributed by atoms with Crippen LogP contribution in [0.4, 0.5) is 0 Å². The van der Waals surface area contributed by atoms with Crippen molar-refractivity contribution in [3.05, 3.63) is 35.2 Å². The topological polar surface area (TPSA) is 29.1 Å². The van der Waals surface area contributed by atoms with Crippen molar-refractivity contribution in [3.8, 4) is 0 Å². The molecule has 0 atom stereocenters. The highest BCUT2D eigenvalue weighted by Crippen LogP contribution is 2.25. The van der Waals surface area contributed by atoms with Crippen LogP contribution in [-0.4, -0.2) is 12.8 Å². The van der Waals surface area contributed by atoms with Crippen molar-refractivity contribution in [2.45, 2.75) is 6.54 Å². The monoisotopic (exact) mass is 205 g/mol. The van der Waals surface area contributed by atoms with E-state index < -0.39 is 0 Å². The largest absolute Gasteiger partial charge is 0.306 e. The number of carbonyl (C=O) groups excluding carboxylic acids is 1. The zero-order chi connectivity index (χ0) is 9.80. The number of hydrogen-bond donors (Lipinski definition) is 1. The van der Waals surface area contributed by atoms with Crippen molar-refractivity contribution in [3.63, 3.8) is 0 Å². The molecule has 0 amide bonds. The van der Waals surface area contributed by atoms with Gasteiger partial charge in [0, 0.05) is 11.2 Å². The van der Waals surface area contributed by atoms with Gasteiger partial charge in [0.25, 0.3) is 0 Å². The summed E-state index contributed by atoms with van der Waals surface area (Å²) >= 11 is 1.74. The average Bonchev–Trinajstić information content (AvgIpc) is 2.63.